The number of aliphatic hydroxyl groups is 2. The fraction of sp³-hybridized carbons (Fsp3) is 0.593. The summed E-state index contributed by atoms with van der Waals surface area (Å²) in [6, 6.07) is 5.57. The molecule has 0 radical (unpaired) electrons. The van der Waals surface area contributed by atoms with Gasteiger partial charge in [0.1, 0.15) is 42.5 Å². The molecule has 1 aliphatic rings. The second-order valence-electron chi connectivity index (χ2n) is 9.83. The largest absolute Gasteiger partial charge is 0.481 e. The number of ether oxygens (including phenoxy) is 3. The van der Waals surface area contributed by atoms with E-state index in [-0.39, 0.29) is 19.4 Å². The van der Waals surface area contributed by atoms with Crippen molar-refractivity contribution < 1.29 is 53.5 Å². The zero-order valence-corrected chi connectivity index (χ0v) is 23.7. The first-order chi connectivity index (χ1) is 19.9. The molecule has 234 valence electrons. The Kier molecular flexibility index (Phi) is 13.8. The second kappa shape index (κ2) is 16.7. The van der Waals surface area contributed by atoms with E-state index in [2.05, 4.69) is 16.0 Å². The number of carboxylic acid groups (broad SMARTS) is 1. The number of nitrogens with two attached hydrogens (primary N) is 1. The van der Waals surface area contributed by atoms with Gasteiger partial charge in [-0.2, -0.15) is 0 Å². The van der Waals surface area contributed by atoms with Crippen molar-refractivity contribution in [3.63, 3.8) is 0 Å². The molecule has 2 rings (SSSR count). The lowest BCUT2D eigenvalue weighted by Crippen LogP contribution is -2.66. The summed E-state index contributed by atoms with van der Waals surface area (Å²) in [7, 11) is 0. The van der Waals surface area contributed by atoms with Gasteiger partial charge < -0.3 is 51.2 Å². The first kappa shape index (κ1) is 34.6. The van der Waals surface area contributed by atoms with Crippen molar-refractivity contribution in [2.75, 3.05) is 6.61 Å². The monoisotopic (exact) mass is 596 g/mol. The minimum absolute atomic E-state index is 0.0758. The highest BCUT2D eigenvalue weighted by Crippen LogP contribution is 2.26. The molecule has 1 aromatic rings. The molecule has 8 atom stereocenters. The normalized spacial score (nSPS) is 24.1. The summed E-state index contributed by atoms with van der Waals surface area (Å²) >= 11 is 0. The van der Waals surface area contributed by atoms with E-state index in [0.29, 0.717) is 0 Å². The number of aliphatic carboxylic acids is 1. The number of carbonyl (C=O) groups excluding carboxylic acids is 4. The molecule has 1 aliphatic heterocycles. The molecule has 3 unspecified atom stereocenters. The molecule has 0 aliphatic carbocycles. The summed E-state index contributed by atoms with van der Waals surface area (Å²) in [6.45, 7) is 3.77. The van der Waals surface area contributed by atoms with E-state index in [4.69, 9.17) is 25.1 Å². The number of nitrogens with one attached hydrogen (secondary N) is 3. The van der Waals surface area contributed by atoms with Crippen LogP contribution in [0, 0.1) is 0 Å². The third kappa shape index (κ3) is 10.3. The van der Waals surface area contributed by atoms with Crippen LogP contribution in [0.25, 0.3) is 0 Å². The summed E-state index contributed by atoms with van der Waals surface area (Å²) in [6.07, 6.45) is -6.91. The number of hydrogen-bond acceptors (Lipinski definition) is 10. The van der Waals surface area contributed by atoms with Gasteiger partial charge in [-0.25, -0.2) is 0 Å². The maximum absolute atomic E-state index is 12.9. The van der Waals surface area contributed by atoms with Crippen LogP contribution < -0.4 is 21.7 Å². The number of carboxylic acids is 1. The maximum Gasteiger partial charge on any atom is 0.303 e. The van der Waals surface area contributed by atoms with Crippen molar-refractivity contribution in [2.24, 2.45) is 5.73 Å². The van der Waals surface area contributed by atoms with Crippen molar-refractivity contribution in [3.05, 3.63) is 35.9 Å². The molecular formula is C27H40N4O11. The van der Waals surface area contributed by atoms with E-state index in [1.165, 1.54) is 13.8 Å². The molecule has 15 nitrogen and oxygen atoms in total. The standard InChI is InChI=1S/C27H40N4O11/c1-4-19(33)31-21-23(22(36)18(12-32)42-27(21)40-13-16-8-6-5-7-9-16)41-15(3)26(39)29-14(2)25(38)30-17(24(28)37)10-11-20(34)35/h5-9,14-15,17-18,21-23,27,32,36H,4,10-13H2,1-3H3,(H2,28,37)(H,29,39)(H,30,38)(H,31,33)(H,34,35)/t14?,15?,17?,18-,21-,22-,23-,27+/m1/s1. The smallest absolute Gasteiger partial charge is 0.303 e. The topological polar surface area (TPSA) is 236 Å². The van der Waals surface area contributed by atoms with Crippen molar-refractivity contribution >= 4 is 29.6 Å². The summed E-state index contributed by atoms with van der Waals surface area (Å²) in [5.41, 5.74) is 6.04. The number of benzene rings is 1. The van der Waals surface area contributed by atoms with Crippen molar-refractivity contribution in [3.8, 4) is 0 Å². The Morgan fingerprint density at radius 3 is 2.31 bits per heavy atom. The lowest BCUT2D eigenvalue weighted by molar-refractivity contribution is -0.283. The molecule has 42 heavy (non-hydrogen) atoms. The van der Waals surface area contributed by atoms with Gasteiger partial charge in [0.05, 0.1) is 13.2 Å². The highest BCUT2D eigenvalue weighted by molar-refractivity contribution is 5.92. The van der Waals surface area contributed by atoms with E-state index in [9.17, 15) is 34.2 Å². The van der Waals surface area contributed by atoms with Crippen LogP contribution in [0.5, 0.6) is 0 Å². The number of hydrogen-bond donors (Lipinski definition) is 7. The highest BCUT2D eigenvalue weighted by Gasteiger charge is 2.48. The number of rotatable bonds is 16. The molecule has 1 heterocycles. The number of aliphatic hydroxyl groups excluding tert-OH is 2. The van der Waals surface area contributed by atoms with E-state index >= 15 is 0 Å². The van der Waals surface area contributed by atoms with Crippen LogP contribution in [0.3, 0.4) is 0 Å². The Labute approximate surface area is 243 Å². The predicted octanol–water partition coefficient (Wildman–Crippen LogP) is -1.71. The van der Waals surface area contributed by atoms with Gasteiger partial charge in [0.25, 0.3) is 0 Å². The average Bonchev–Trinajstić information content (AvgIpc) is 2.96. The van der Waals surface area contributed by atoms with Gasteiger partial charge in [-0.15, -0.1) is 0 Å². The van der Waals surface area contributed by atoms with Gasteiger partial charge in [-0.1, -0.05) is 37.3 Å². The molecule has 8 N–H and O–H groups in total. The van der Waals surface area contributed by atoms with E-state index < -0.39 is 91.5 Å². The summed E-state index contributed by atoms with van der Waals surface area (Å²) < 4.78 is 17.5. The van der Waals surface area contributed by atoms with Gasteiger partial charge in [0.2, 0.25) is 23.6 Å². The van der Waals surface area contributed by atoms with E-state index in [0.717, 1.165) is 5.56 Å². The Morgan fingerprint density at radius 1 is 1.07 bits per heavy atom. The Hall–Kier alpha value is -3.63. The van der Waals surface area contributed by atoms with Gasteiger partial charge in [0, 0.05) is 12.8 Å². The highest BCUT2D eigenvalue weighted by atomic mass is 16.7. The van der Waals surface area contributed by atoms with Crippen LogP contribution in [0.15, 0.2) is 30.3 Å². The van der Waals surface area contributed by atoms with Gasteiger partial charge in [0.15, 0.2) is 6.29 Å². The van der Waals surface area contributed by atoms with Crippen LogP contribution in [-0.2, 0) is 44.8 Å². The van der Waals surface area contributed by atoms with Gasteiger partial charge in [-0.05, 0) is 25.8 Å². The zero-order valence-electron chi connectivity index (χ0n) is 23.7. The molecule has 1 aromatic carbocycles. The quantitative estimate of drug-likeness (QED) is 0.113. The summed E-state index contributed by atoms with van der Waals surface area (Å²) in [5, 5.41) is 37.0. The minimum atomic E-state index is -1.48. The van der Waals surface area contributed by atoms with Crippen LogP contribution in [0.4, 0.5) is 0 Å². The molecule has 1 saturated heterocycles. The Morgan fingerprint density at radius 2 is 1.74 bits per heavy atom. The molecule has 0 spiro atoms. The molecule has 1 fully saturated rings. The van der Waals surface area contributed by atoms with Crippen LogP contribution in [0.2, 0.25) is 0 Å². The molecule has 0 aromatic heterocycles. The summed E-state index contributed by atoms with van der Waals surface area (Å²) in [4.78, 5) is 60.3. The molecular weight excluding hydrogens is 556 g/mol. The van der Waals surface area contributed by atoms with Gasteiger partial charge >= 0.3 is 5.97 Å². The fourth-order valence-corrected chi connectivity index (χ4v) is 4.11. The third-order valence-electron chi connectivity index (χ3n) is 6.55. The Bertz CT molecular complexity index is 1070. The molecule has 0 bridgehead atoms. The Balaban J connectivity index is 2.13. The molecule has 15 heteroatoms. The van der Waals surface area contributed by atoms with Gasteiger partial charge in [-0.3, -0.25) is 24.0 Å². The van der Waals surface area contributed by atoms with Crippen molar-refractivity contribution in [1.29, 1.82) is 0 Å². The second-order valence-corrected chi connectivity index (χ2v) is 9.83. The minimum Gasteiger partial charge on any atom is -0.481 e. The molecule has 4 amide bonds. The fourth-order valence-electron chi connectivity index (χ4n) is 4.11. The van der Waals surface area contributed by atoms with Crippen molar-refractivity contribution in [2.45, 2.75) is 95.5 Å². The van der Waals surface area contributed by atoms with Crippen molar-refractivity contribution in [1.82, 2.24) is 16.0 Å². The van der Waals surface area contributed by atoms with Crippen LogP contribution in [0.1, 0.15) is 45.6 Å². The summed E-state index contributed by atoms with van der Waals surface area (Å²) in [5.74, 6) is -4.09. The number of amides is 4. The van der Waals surface area contributed by atoms with Crippen LogP contribution in [-0.4, -0.2) is 100 Å². The SMILES string of the molecule is CCC(=O)N[C@H]1[C@@H](OCc2ccccc2)O[C@H](CO)[C@@H](O)[C@@H]1OC(C)C(=O)NC(C)C(=O)NC(CCC(=O)O)C(N)=O. The zero-order chi connectivity index (χ0) is 31.4. The average molecular weight is 597 g/mol. The first-order valence-electron chi connectivity index (χ1n) is 13.5. The lowest BCUT2D eigenvalue weighted by Gasteiger charge is -2.44. The number of carbonyl (C=O) groups is 5. The maximum atomic E-state index is 12.9. The molecule has 0 saturated carbocycles. The number of primary amides is 1. The predicted molar refractivity (Wildman–Crippen MR) is 145 cm³/mol. The van der Waals surface area contributed by atoms with E-state index in [1.54, 1.807) is 6.92 Å². The lowest BCUT2D eigenvalue weighted by atomic mass is 9.96. The van der Waals surface area contributed by atoms with Crippen LogP contribution >= 0.6 is 0 Å². The third-order valence-corrected chi connectivity index (χ3v) is 6.55. The first-order valence-corrected chi connectivity index (χ1v) is 13.5. The van der Waals surface area contributed by atoms with E-state index in [1.807, 2.05) is 30.3 Å².